The van der Waals surface area contributed by atoms with Gasteiger partial charge in [-0.05, 0) is 56.1 Å². The first kappa shape index (κ1) is 25.0. The zero-order valence-electron chi connectivity index (χ0n) is 18.4. The normalized spacial score (nSPS) is 27.3. The Morgan fingerprint density at radius 2 is 1.81 bits per heavy atom. The first-order chi connectivity index (χ1) is 15.0. The number of halogens is 3. The smallest absolute Gasteiger partial charge is 0.376 e. The third kappa shape index (κ3) is 6.45. The van der Waals surface area contributed by atoms with E-state index >= 15 is 0 Å². The first-order valence-corrected chi connectivity index (χ1v) is 12.9. The number of hydrogen-bond acceptors (Lipinski definition) is 4. The van der Waals surface area contributed by atoms with Crippen LogP contribution in [0.1, 0.15) is 62.5 Å². The second-order valence-electron chi connectivity index (χ2n) is 8.81. The van der Waals surface area contributed by atoms with Crippen molar-refractivity contribution >= 4 is 15.9 Å². The van der Waals surface area contributed by atoms with Crippen LogP contribution in [0.2, 0.25) is 0 Å². The summed E-state index contributed by atoms with van der Waals surface area (Å²) in [5.41, 5.74) is -0.232. The Labute approximate surface area is 187 Å². The van der Waals surface area contributed by atoms with E-state index in [1.54, 1.807) is 17.0 Å². The number of rotatable bonds is 6. The van der Waals surface area contributed by atoms with Crippen molar-refractivity contribution in [3.63, 3.8) is 0 Å². The fourth-order valence-electron chi connectivity index (χ4n) is 4.95. The van der Waals surface area contributed by atoms with Gasteiger partial charge in [-0.2, -0.15) is 13.2 Å². The highest BCUT2D eigenvalue weighted by atomic mass is 32.2. The highest BCUT2D eigenvalue weighted by Gasteiger charge is 2.37. The maximum absolute atomic E-state index is 13.4. The molecular weight excluding hydrogens is 445 g/mol. The van der Waals surface area contributed by atoms with Crippen LogP contribution in [0.15, 0.2) is 24.3 Å². The average molecular weight is 477 g/mol. The predicted molar refractivity (Wildman–Crippen MR) is 115 cm³/mol. The summed E-state index contributed by atoms with van der Waals surface area (Å²) < 4.78 is 72.3. The summed E-state index contributed by atoms with van der Waals surface area (Å²) in [4.78, 5) is 13.7. The van der Waals surface area contributed by atoms with Crippen LogP contribution in [0.3, 0.4) is 0 Å². The summed E-state index contributed by atoms with van der Waals surface area (Å²) in [6, 6.07) is 4.92. The number of alkyl halides is 3. The molecule has 1 saturated carbocycles. The van der Waals surface area contributed by atoms with E-state index in [0.717, 1.165) is 12.3 Å². The Bertz CT molecular complexity index is 899. The average Bonchev–Trinajstić information content (AvgIpc) is 2.71. The Morgan fingerprint density at radius 1 is 1.16 bits per heavy atom. The lowest BCUT2D eigenvalue weighted by molar-refractivity contribution is -0.139. The van der Waals surface area contributed by atoms with Crippen LogP contribution < -0.4 is 4.72 Å². The highest BCUT2D eigenvalue weighted by Crippen LogP contribution is 2.41. The molecule has 1 amide bonds. The molecule has 1 aromatic carbocycles. The summed E-state index contributed by atoms with van der Waals surface area (Å²) in [6.07, 6.45) is 0.327. The zero-order valence-corrected chi connectivity index (χ0v) is 19.2. The number of likely N-dealkylation sites (tertiary alicyclic amines) is 1. The molecule has 3 rings (SSSR count). The topological polar surface area (TPSA) is 75.7 Å². The minimum Gasteiger partial charge on any atom is -0.376 e. The number of amides is 1. The molecule has 1 heterocycles. The molecule has 2 aliphatic rings. The van der Waals surface area contributed by atoms with Crippen molar-refractivity contribution in [2.45, 2.75) is 75.7 Å². The van der Waals surface area contributed by atoms with Gasteiger partial charge in [0.2, 0.25) is 15.9 Å². The molecule has 1 aliphatic carbocycles. The lowest BCUT2D eigenvalue weighted by atomic mass is 9.81. The van der Waals surface area contributed by atoms with Gasteiger partial charge in [0.15, 0.2) is 0 Å². The number of benzene rings is 1. The van der Waals surface area contributed by atoms with Crippen molar-refractivity contribution in [3.8, 4) is 0 Å². The summed E-state index contributed by atoms with van der Waals surface area (Å²) in [7, 11) is -3.44. The molecule has 0 bridgehead atoms. The second-order valence-corrected chi connectivity index (χ2v) is 10.6. The zero-order chi connectivity index (χ0) is 23.5. The highest BCUT2D eigenvalue weighted by molar-refractivity contribution is 7.88. The summed E-state index contributed by atoms with van der Waals surface area (Å²) in [5, 5.41) is 0. The van der Waals surface area contributed by atoms with Crippen LogP contribution >= 0.6 is 0 Å². The number of nitrogens with zero attached hydrogens (tertiary/aromatic N) is 1. The number of carbonyl (C=O) groups excluding carboxylic acids is 1. The molecule has 2 fully saturated rings. The lowest BCUT2D eigenvalue weighted by Crippen LogP contribution is -2.58. The Morgan fingerprint density at radius 3 is 2.41 bits per heavy atom. The molecule has 32 heavy (non-hydrogen) atoms. The fraction of sp³-hybridized carbons (Fsp3) is 0.682. The van der Waals surface area contributed by atoms with Gasteiger partial charge in [0.05, 0.1) is 30.6 Å². The van der Waals surface area contributed by atoms with Crippen LogP contribution in [0.25, 0.3) is 0 Å². The van der Waals surface area contributed by atoms with Crippen LogP contribution in [0.4, 0.5) is 13.2 Å². The molecule has 1 aliphatic heterocycles. The SMILES string of the molecule is CC(=O)N1CCC[C@H](NS(C)(=O)=O)[C@@H]1COC1CCC(c2ccccc2C(F)(F)F)CC1. The third-order valence-electron chi connectivity index (χ3n) is 6.43. The van der Waals surface area contributed by atoms with Crippen molar-refractivity contribution in [2.75, 3.05) is 19.4 Å². The first-order valence-electron chi connectivity index (χ1n) is 11.0. The molecule has 0 radical (unpaired) electrons. The van der Waals surface area contributed by atoms with E-state index in [1.165, 1.54) is 13.0 Å². The van der Waals surface area contributed by atoms with Gasteiger partial charge in [0, 0.05) is 19.5 Å². The van der Waals surface area contributed by atoms with E-state index in [9.17, 15) is 26.4 Å². The summed E-state index contributed by atoms with van der Waals surface area (Å²) in [5.74, 6) is -0.304. The molecule has 180 valence electrons. The van der Waals surface area contributed by atoms with Gasteiger partial charge < -0.3 is 9.64 Å². The molecule has 6 nitrogen and oxygen atoms in total. The molecular formula is C22H31F3N2O4S. The van der Waals surface area contributed by atoms with Crippen LogP contribution in [0.5, 0.6) is 0 Å². The minimum absolute atomic E-state index is 0.126. The van der Waals surface area contributed by atoms with E-state index in [0.29, 0.717) is 50.6 Å². The van der Waals surface area contributed by atoms with E-state index in [1.807, 2.05) is 0 Å². The van der Waals surface area contributed by atoms with Crippen molar-refractivity contribution in [1.82, 2.24) is 9.62 Å². The molecule has 1 saturated heterocycles. The van der Waals surface area contributed by atoms with Crippen LogP contribution in [-0.2, 0) is 25.7 Å². The lowest BCUT2D eigenvalue weighted by Gasteiger charge is -2.41. The van der Waals surface area contributed by atoms with E-state index < -0.39 is 33.8 Å². The number of nitrogens with one attached hydrogen (secondary N) is 1. The van der Waals surface area contributed by atoms with E-state index in [4.69, 9.17) is 4.74 Å². The van der Waals surface area contributed by atoms with E-state index in [-0.39, 0.29) is 24.5 Å². The van der Waals surface area contributed by atoms with Crippen LogP contribution in [-0.4, -0.2) is 56.8 Å². The number of carbonyl (C=O) groups is 1. The predicted octanol–water partition coefficient (Wildman–Crippen LogP) is 3.68. The largest absolute Gasteiger partial charge is 0.416 e. The number of hydrogen-bond donors (Lipinski definition) is 1. The monoisotopic (exact) mass is 476 g/mol. The number of piperidine rings is 1. The molecule has 2 atom stereocenters. The molecule has 0 unspecified atom stereocenters. The second kappa shape index (κ2) is 10.1. The van der Waals surface area contributed by atoms with Gasteiger partial charge in [-0.25, -0.2) is 13.1 Å². The van der Waals surface area contributed by atoms with Gasteiger partial charge >= 0.3 is 6.18 Å². The van der Waals surface area contributed by atoms with Crippen LogP contribution in [0, 0.1) is 0 Å². The third-order valence-corrected chi connectivity index (χ3v) is 7.16. The standard InChI is InChI=1S/C22H31F3N2O4S/c1-15(28)27-13-5-8-20(26-32(2,29)30)21(27)14-31-17-11-9-16(10-12-17)18-6-3-4-7-19(18)22(23,24)25/h3-4,6-7,16-17,20-21,26H,5,8-14H2,1-2H3/t16?,17?,20-,21-/m0/s1. The van der Waals surface area contributed by atoms with Gasteiger partial charge in [0.25, 0.3) is 0 Å². The maximum Gasteiger partial charge on any atom is 0.416 e. The van der Waals surface area contributed by atoms with Crippen molar-refractivity contribution in [1.29, 1.82) is 0 Å². The van der Waals surface area contributed by atoms with Gasteiger partial charge in [-0.1, -0.05) is 18.2 Å². The van der Waals surface area contributed by atoms with Crippen molar-refractivity contribution in [2.24, 2.45) is 0 Å². The quantitative estimate of drug-likeness (QED) is 0.680. The fourth-order valence-corrected chi connectivity index (χ4v) is 5.78. The Hall–Kier alpha value is -1.65. The Balaban J connectivity index is 1.61. The molecule has 10 heteroatoms. The summed E-state index contributed by atoms with van der Waals surface area (Å²) in [6.45, 7) is 2.20. The van der Waals surface area contributed by atoms with Crippen molar-refractivity contribution < 1.29 is 31.1 Å². The van der Waals surface area contributed by atoms with Gasteiger partial charge in [-0.15, -0.1) is 0 Å². The molecule has 1 aromatic rings. The number of sulfonamides is 1. The van der Waals surface area contributed by atoms with Gasteiger partial charge in [-0.3, -0.25) is 4.79 Å². The maximum atomic E-state index is 13.4. The minimum atomic E-state index is -4.37. The molecule has 0 spiro atoms. The van der Waals surface area contributed by atoms with Crippen molar-refractivity contribution in [3.05, 3.63) is 35.4 Å². The van der Waals surface area contributed by atoms with E-state index in [2.05, 4.69) is 4.72 Å². The summed E-state index contributed by atoms with van der Waals surface area (Å²) >= 11 is 0. The molecule has 0 aromatic heterocycles. The Kier molecular flexibility index (Phi) is 7.88. The molecule has 1 N–H and O–H groups in total. The van der Waals surface area contributed by atoms with Gasteiger partial charge in [0.1, 0.15) is 0 Å². The number of ether oxygens (including phenoxy) is 1.